The summed E-state index contributed by atoms with van der Waals surface area (Å²) in [6.07, 6.45) is 2.26. The van der Waals surface area contributed by atoms with E-state index in [2.05, 4.69) is 10.5 Å². The van der Waals surface area contributed by atoms with Gasteiger partial charge in [0.15, 0.2) is 6.19 Å². The number of hydrogen-bond donors (Lipinski definition) is 1. The second kappa shape index (κ2) is 10.2. The average Bonchev–Trinajstić information content (AvgIpc) is 3.17. The molecule has 1 saturated heterocycles. The van der Waals surface area contributed by atoms with E-state index in [9.17, 15) is 10.1 Å². The van der Waals surface area contributed by atoms with Crippen LogP contribution in [0.3, 0.4) is 0 Å². The average molecular weight is 457 g/mol. The highest BCUT2D eigenvalue weighted by molar-refractivity contribution is 5.85. The number of rotatable bonds is 4. The maximum Gasteiger partial charge on any atom is 0.227 e. The summed E-state index contributed by atoms with van der Waals surface area (Å²) in [5, 5.41) is 16.1. The predicted molar refractivity (Wildman–Crippen MR) is 129 cm³/mol. The number of guanidine groups is 1. The van der Waals surface area contributed by atoms with Crippen LogP contribution < -0.4 is 5.32 Å². The Bertz CT molecular complexity index is 1210. The number of carbonyl (C=O) groups excluding carboxylic acids is 1. The van der Waals surface area contributed by atoms with E-state index < -0.39 is 0 Å². The molecule has 0 saturated carbocycles. The molecule has 0 spiro atoms. The second-order valence-corrected chi connectivity index (χ2v) is 8.40. The number of aliphatic imine (C=N–C) groups is 1. The largest absolute Gasteiger partial charge is 0.361 e. The Morgan fingerprint density at radius 3 is 2.56 bits per heavy atom. The number of nitrogens with zero attached hydrogens (tertiary/aromatic N) is 5. The maximum atomic E-state index is 13.4. The van der Waals surface area contributed by atoms with Crippen molar-refractivity contribution in [2.45, 2.75) is 33.2 Å². The topological polar surface area (TPSA) is 97.8 Å². The number of benzene rings is 2. The lowest BCUT2D eigenvalue weighted by atomic mass is 10.0. The Balaban J connectivity index is 1.63. The highest BCUT2D eigenvalue weighted by Crippen LogP contribution is 2.28. The van der Waals surface area contributed by atoms with Gasteiger partial charge in [0.05, 0.1) is 23.8 Å². The number of para-hydroxylation sites is 1. The van der Waals surface area contributed by atoms with Gasteiger partial charge in [0.25, 0.3) is 0 Å². The molecule has 2 aromatic carbocycles. The van der Waals surface area contributed by atoms with Crippen molar-refractivity contribution in [3.63, 3.8) is 0 Å². The highest BCUT2D eigenvalue weighted by atomic mass is 16.5. The first-order valence-electron chi connectivity index (χ1n) is 11.3. The monoisotopic (exact) mass is 456 g/mol. The van der Waals surface area contributed by atoms with Crippen molar-refractivity contribution in [1.82, 2.24) is 20.3 Å². The maximum absolute atomic E-state index is 13.4. The van der Waals surface area contributed by atoms with E-state index in [0.717, 1.165) is 28.1 Å². The molecule has 0 bridgehead atoms. The number of nitrogens with one attached hydrogen (secondary N) is 1. The van der Waals surface area contributed by atoms with Gasteiger partial charge in [0.2, 0.25) is 11.9 Å². The molecule has 1 aliphatic heterocycles. The number of aromatic nitrogens is 1. The molecule has 8 heteroatoms. The number of amides is 1. The summed E-state index contributed by atoms with van der Waals surface area (Å²) >= 11 is 0. The lowest BCUT2D eigenvalue weighted by Crippen LogP contribution is -2.54. The smallest absolute Gasteiger partial charge is 0.227 e. The van der Waals surface area contributed by atoms with Crippen LogP contribution in [0.15, 0.2) is 64.1 Å². The van der Waals surface area contributed by atoms with Crippen LogP contribution in [0, 0.1) is 32.2 Å². The molecule has 174 valence electrons. The molecule has 1 fully saturated rings. The number of piperazine rings is 1. The summed E-state index contributed by atoms with van der Waals surface area (Å²) in [4.78, 5) is 22.1. The zero-order valence-electron chi connectivity index (χ0n) is 19.7. The van der Waals surface area contributed by atoms with E-state index in [-0.39, 0.29) is 18.4 Å². The van der Waals surface area contributed by atoms with Gasteiger partial charge in [-0.2, -0.15) is 5.26 Å². The predicted octanol–water partition coefficient (Wildman–Crippen LogP) is 3.79. The molecule has 1 unspecified atom stereocenters. The normalized spacial score (nSPS) is 16.3. The standard InChI is InChI=1S/C26H28N6O2/c1-18-9-7-8-12-23(18)29-26(28-17-27)31-13-14-32(24(16-31)21-10-5-4-6-11-21)25(33)15-22-19(2)30-34-20(22)3/h4-12,24H,13-16H2,1-3H3,(H,28,29). The SMILES string of the molecule is Cc1ccccc1N=C(NC#N)N1CCN(C(=O)Cc2c(C)noc2C)C(c2ccccc2)C1. The van der Waals surface area contributed by atoms with Crippen molar-refractivity contribution < 1.29 is 9.32 Å². The van der Waals surface area contributed by atoms with Crippen molar-refractivity contribution >= 4 is 17.6 Å². The van der Waals surface area contributed by atoms with Gasteiger partial charge in [-0.25, -0.2) is 4.99 Å². The lowest BCUT2D eigenvalue weighted by molar-refractivity contribution is -0.135. The Kier molecular flexibility index (Phi) is 6.93. The van der Waals surface area contributed by atoms with Gasteiger partial charge in [0, 0.05) is 25.2 Å². The first-order chi connectivity index (χ1) is 16.5. The first-order valence-corrected chi connectivity index (χ1v) is 11.3. The zero-order valence-corrected chi connectivity index (χ0v) is 19.7. The van der Waals surface area contributed by atoms with Gasteiger partial charge in [-0.1, -0.05) is 53.7 Å². The van der Waals surface area contributed by atoms with Gasteiger partial charge in [-0.15, -0.1) is 0 Å². The third-order valence-corrected chi connectivity index (χ3v) is 6.20. The van der Waals surface area contributed by atoms with E-state index in [1.54, 1.807) is 0 Å². The van der Waals surface area contributed by atoms with E-state index in [0.29, 0.717) is 31.4 Å². The van der Waals surface area contributed by atoms with Crippen LogP contribution in [0.1, 0.15) is 34.2 Å². The number of nitriles is 1. The van der Waals surface area contributed by atoms with Gasteiger partial charge in [-0.05, 0) is 38.0 Å². The minimum absolute atomic E-state index is 0.0218. The Morgan fingerprint density at radius 2 is 1.88 bits per heavy atom. The van der Waals surface area contributed by atoms with Crippen molar-refractivity contribution in [3.8, 4) is 6.19 Å². The molecule has 1 aromatic heterocycles. The van der Waals surface area contributed by atoms with Gasteiger partial charge < -0.3 is 14.3 Å². The molecule has 1 aliphatic rings. The van der Waals surface area contributed by atoms with E-state index in [4.69, 9.17) is 9.52 Å². The fourth-order valence-corrected chi connectivity index (χ4v) is 4.27. The van der Waals surface area contributed by atoms with Gasteiger partial charge >= 0.3 is 0 Å². The molecule has 8 nitrogen and oxygen atoms in total. The van der Waals surface area contributed by atoms with Gasteiger partial charge in [-0.3, -0.25) is 10.1 Å². The van der Waals surface area contributed by atoms with Crippen LogP contribution in [-0.4, -0.2) is 46.5 Å². The quantitative estimate of drug-likeness (QED) is 0.278. The molecule has 3 aromatic rings. The summed E-state index contributed by atoms with van der Waals surface area (Å²) in [7, 11) is 0. The van der Waals surface area contributed by atoms with Crippen molar-refractivity contribution in [2.75, 3.05) is 19.6 Å². The third-order valence-electron chi connectivity index (χ3n) is 6.20. The molecular weight excluding hydrogens is 428 g/mol. The summed E-state index contributed by atoms with van der Waals surface area (Å²) in [6.45, 7) is 7.24. The second-order valence-electron chi connectivity index (χ2n) is 8.40. The molecule has 1 amide bonds. The van der Waals surface area contributed by atoms with Crippen molar-refractivity contribution in [2.24, 2.45) is 4.99 Å². The highest BCUT2D eigenvalue weighted by Gasteiger charge is 2.33. The van der Waals surface area contributed by atoms with Gasteiger partial charge in [0.1, 0.15) is 5.76 Å². The lowest BCUT2D eigenvalue weighted by Gasteiger charge is -2.42. The molecular formula is C26H28N6O2. The molecule has 0 aliphatic carbocycles. The summed E-state index contributed by atoms with van der Waals surface area (Å²) < 4.78 is 5.25. The summed E-state index contributed by atoms with van der Waals surface area (Å²) in [5.74, 6) is 1.18. The Labute approximate surface area is 199 Å². The van der Waals surface area contributed by atoms with Crippen LogP contribution in [0.2, 0.25) is 0 Å². The molecule has 1 atom stereocenters. The molecule has 34 heavy (non-hydrogen) atoms. The van der Waals surface area contributed by atoms with E-state index in [1.165, 1.54) is 0 Å². The van der Waals surface area contributed by atoms with Crippen LogP contribution in [-0.2, 0) is 11.2 Å². The Hall–Kier alpha value is -4.12. The Morgan fingerprint density at radius 1 is 1.15 bits per heavy atom. The van der Waals surface area contributed by atoms with E-state index in [1.807, 2.05) is 91.4 Å². The first kappa shape index (κ1) is 23.1. The van der Waals surface area contributed by atoms with Crippen LogP contribution in [0.4, 0.5) is 5.69 Å². The third kappa shape index (κ3) is 4.94. The molecule has 0 radical (unpaired) electrons. The number of aryl methyl sites for hydroxylation is 3. The number of hydrogen-bond acceptors (Lipinski definition) is 5. The van der Waals surface area contributed by atoms with E-state index >= 15 is 0 Å². The molecule has 2 heterocycles. The minimum atomic E-state index is -0.189. The molecule has 1 N–H and O–H groups in total. The van der Waals surface area contributed by atoms with Crippen LogP contribution >= 0.6 is 0 Å². The summed E-state index contributed by atoms with van der Waals surface area (Å²) in [5.41, 5.74) is 4.44. The fraction of sp³-hybridized carbons (Fsp3) is 0.308. The fourth-order valence-electron chi connectivity index (χ4n) is 4.27. The number of carbonyl (C=O) groups is 1. The van der Waals surface area contributed by atoms with Crippen molar-refractivity contribution in [3.05, 3.63) is 82.7 Å². The minimum Gasteiger partial charge on any atom is -0.361 e. The zero-order chi connectivity index (χ0) is 24.1. The summed E-state index contributed by atoms with van der Waals surface area (Å²) in [6, 6.07) is 17.6. The van der Waals surface area contributed by atoms with Crippen LogP contribution in [0.5, 0.6) is 0 Å². The molecule has 4 rings (SSSR count). The van der Waals surface area contributed by atoms with Crippen molar-refractivity contribution in [1.29, 1.82) is 5.26 Å². The van der Waals surface area contributed by atoms with Crippen LogP contribution in [0.25, 0.3) is 0 Å².